The zero-order valence-corrected chi connectivity index (χ0v) is 12.2. The number of ether oxygens (including phenoxy) is 1. The number of nitrogens with zero attached hydrogens (tertiary/aromatic N) is 2. The van der Waals surface area contributed by atoms with E-state index in [4.69, 9.17) is 4.74 Å². The summed E-state index contributed by atoms with van der Waals surface area (Å²) < 4.78 is 4.82. The van der Waals surface area contributed by atoms with Crippen LogP contribution in [0, 0.1) is 12.8 Å². The minimum Gasteiger partial charge on any atom is -0.467 e. The first kappa shape index (κ1) is 13.7. The second-order valence-electron chi connectivity index (χ2n) is 4.69. The van der Waals surface area contributed by atoms with Gasteiger partial charge in [-0.25, -0.2) is 14.8 Å². The number of methoxy groups -OCH3 is 1. The SMILES string of the molecule is COC(=O)C(Nc1ncnc2sc(C)cc12)C(C)C. The highest BCUT2D eigenvalue weighted by molar-refractivity contribution is 7.18. The molecule has 0 fully saturated rings. The first-order valence-corrected chi connectivity index (χ1v) is 6.90. The molecule has 102 valence electrons. The third kappa shape index (κ3) is 2.84. The van der Waals surface area contributed by atoms with Crippen molar-refractivity contribution >= 4 is 33.3 Å². The van der Waals surface area contributed by atoms with Gasteiger partial charge in [-0.2, -0.15) is 0 Å². The van der Waals surface area contributed by atoms with Crippen LogP contribution in [-0.4, -0.2) is 29.1 Å². The van der Waals surface area contributed by atoms with Gasteiger partial charge in [0.05, 0.1) is 12.5 Å². The maximum Gasteiger partial charge on any atom is 0.328 e. The summed E-state index contributed by atoms with van der Waals surface area (Å²) in [5.74, 6) is 0.504. The van der Waals surface area contributed by atoms with Crippen LogP contribution in [0.5, 0.6) is 0 Å². The predicted molar refractivity (Wildman–Crippen MR) is 76.4 cm³/mol. The van der Waals surface area contributed by atoms with Crippen LogP contribution in [0.25, 0.3) is 10.2 Å². The number of carbonyl (C=O) groups excluding carboxylic acids is 1. The van der Waals surface area contributed by atoms with Gasteiger partial charge in [-0.1, -0.05) is 13.8 Å². The fourth-order valence-electron chi connectivity index (χ4n) is 1.86. The number of fused-ring (bicyclic) bond motifs is 1. The number of aryl methyl sites for hydroxylation is 1. The van der Waals surface area contributed by atoms with Gasteiger partial charge in [-0.15, -0.1) is 11.3 Å². The van der Waals surface area contributed by atoms with Crippen molar-refractivity contribution in [2.24, 2.45) is 5.92 Å². The molecule has 2 rings (SSSR count). The van der Waals surface area contributed by atoms with Crippen molar-refractivity contribution in [3.8, 4) is 0 Å². The molecule has 2 aromatic heterocycles. The lowest BCUT2D eigenvalue weighted by Crippen LogP contribution is -2.35. The highest BCUT2D eigenvalue weighted by Crippen LogP contribution is 2.28. The molecule has 0 saturated heterocycles. The maximum atomic E-state index is 11.8. The Morgan fingerprint density at radius 2 is 2.16 bits per heavy atom. The fraction of sp³-hybridized carbons (Fsp3) is 0.462. The quantitative estimate of drug-likeness (QED) is 0.872. The number of hydrogen-bond acceptors (Lipinski definition) is 6. The normalized spacial score (nSPS) is 12.7. The minimum absolute atomic E-state index is 0.109. The molecular weight excluding hydrogens is 262 g/mol. The van der Waals surface area contributed by atoms with E-state index < -0.39 is 6.04 Å². The Morgan fingerprint density at radius 1 is 1.42 bits per heavy atom. The molecule has 0 bridgehead atoms. The van der Waals surface area contributed by atoms with Gasteiger partial charge in [0.2, 0.25) is 0 Å². The number of aromatic nitrogens is 2. The smallest absolute Gasteiger partial charge is 0.328 e. The lowest BCUT2D eigenvalue weighted by atomic mass is 10.0. The number of hydrogen-bond donors (Lipinski definition) is 1. The maximum absolute atomic E-state index is 11.8. The van der Waals surface area contributed by atoms with Crippen LogP contribution >= 0.6 is 11.3 Å². The summed E-state index contributed by atoms with van der Waals surface area (Å²) in [7, 11) is 1.39. The van der Waals surface area contributed by atoms with E-state index in [0.29, 0.717) is 5.82 Å². The van der Waals surface area contributed by atoms with E-state index in [-0.39, 0.29) is 11.9 Å². The monoisotopic (exact) mass is 279 g/mol. The van der Waals surface area contributed by atoms with Crippen LogP contribution in [0.4, 0.5) is 5.82 Å². The van der Waals surface area contributed by atoms with Crippen molar-refractivity contribution < 1.29 is 9.53 Å². The van der Waals surface area contributed by atoms with Crippen LogP contribution in [0.15, 0.2) is 12.4 Å². The molecule has 0 aliphatic rings. The predicted octanol–water partition coefficient (Wildman–Crippen LogP) is 2.61. The molecule has 0 amide bonds. The Hall–Kier alpha value is -1.69. The van der Waals surface area contributed by atoms with Gasteiger partial charge >= 0.3 is 5.97 Å². The molecule has 0 saturated carbocycles. The van der Waals surface area contributed by atoms with Gasteiger partial charge in [0, 0.05) is 4.88 Å². The van der Waals surface area contributed by atoms with Crippen LogP contribution in [0.3, 0.4) is 0 Å². The van der Waals surface area contributed by atoms with E-state index in [1.807, 2.05) is 26.8 Å². The number of rotatable bonds is 4. The molecule has 19 heavy (non-hydrogen) atoms. The average Bonchev–Trinajstić information content (AvgIpc) is 2.75. The highest BCUT2D eigenvalue weighted by Gasteiger charge is 2.24. The largest absolute Gasteiger partial charge is 0.467 e. The topological polar surface area (TPSA) is 64.1 Å². The van der Waals surface area contributed by atoms with Crippen molar-refractivity contribution in [1.82, 2.24) is 9.97 Å². The molecule has 0 aliphatic carbocycles. The van der Waals surface area contributed by atoms with E-state index in [9.17, 15) is 4.79 Å². The summed E-state index contributed by atoms with van der Waals surface area (Å²) in [5.41, 5.74) is 0. The molecule has 6 heteroatoms. The molecule has 0 aromatic carbocycles. The fourth-order valence-corrected chi connectivity index (χ4v) is 2.71. The Morgan fingerprint density at radius 3 is 2.79 bits per heavy atom. The molecule has 0 radical (unpaired) electrons. The van der Waals surface area contributed by atoms with Crippen LogP contribution in [0.1, 0.15) is 18.7 Å². The number of nitrogens with one attached hydrogen (secondary N) is 1. The Labute approximate surface area is 116 Å². The van der Waals surface area contributed by atoms with Crippen molar-refractivity contribution in [2.75, 3.05) is 12.4 Å². The van der Waals surface area contributed by atoms with Crippen molar-refractivity contribution in [3.05, 3.63) is 17.3 Å². The third-order valence-electron chi connectivity index (χ3n) is 2.87. The number of carbonyl (C=O) groups is 1. The minimum atomic E-state index is -0.414. The Balaban J connectivity index is 2.36. The molecule has 1 atom stereocenters. The molecule has 2 aromatic rings. The van der Waals surface area contributed by atoms with Gasteiger partial charge < -0.3 is 10.1 Å². The molecule has 1 unspecified atom stereocenters. The average molecular weight is 279 g/mol. The van der Waals surface area contributed by atoms with E-state index in [1.165, 1.54) is 13.4 Å². The van der Waals surface area contributed by atoms with E-state index in [1.54, 1.807) is 11.3 Å². The lowest BCUT2D eigenvalue weighted by Gasteiger charge is -2.20. The van der Waals surface area contributed by atoms with Gasteiger partial charge in [0.1, 0.15) is 23.0 Å². The van der Waals surface area contributed by atoms with Crippen LogP contribution in [-0.2, 0) is 9.53 Å². The third-order valence-corrected chi connectivity index (χ3v) is 3.83. The molecular formula is C13H17N3O2S. The second-order valence-corrected chi connectivity index (χ2v) is 5.92. The van der Waals surface area contributed by atoms with Gasteiger partial charge in [-0.05, 0) is 18.9 Å². The van der Waals surface area contributed by atoms with Crippen molar-refractivity contribution in [3.63, 3.8) is 0 Å². The van der Waals surface area contributed by atoms with Gasteiger partial charge in [-0.3, -0.25) is 0 Å². The number of thiophene rings is 1. The first-order valence-electron chi connectivity index (χ1n) is 6.08. The summed E-state index contributed by atoms with van der Waals surface area (Å²) in [6.07, 6.45) is 1.51. The summed E-state index contributed by atoms with van der Waals surface area (Å²) in [5, 5.41) is 4.11. The highest BCUT2D eigenvalue weighted by atomic mass is 32.1. The number of esters is 1. The Bertz CT molecular complexity index is 595. The standard InChI is InChI=1S/C13H17N3O2S/c1-7(2)10(13(17)18-4)16-11-9-5-8(3)19-12(9)15-6-14-11/h5-7,10H,1-4H3,(H,14,15,16). The second kappa shape index (κ2) is 5.52. The van der Waals surface area contributed by atoms with Gasteiger partial charge in [0.15, 0.2) is 0 Å². The van der Waals surface area contributed by atoms with E-state index >= 15 is 0 Å². The van der Waals surface area contributed by atoms with Crippen molar-refractivity contribution in [2.45, 2.75) is 26.8 Å². The molecule has 1 N–H and O–H groups in total. The summed E-state index contributed by atoms with van der Waals surface area (Å²) >= 11 is 1.61. The lowest BCUT2D eigenvalue weighted by molar-refractivity contribution is -0.142. The van der Waals surface area contributed by atoms with E-state index in [0.717, 1.165) is 15.1 Å². The first-order chi connectivity index (χ1) is 9.02. The van der Waals surface area contributed by atoms with Crippen LogP contribution in [0.2, 0.25) is 0 Å². The van der Waals surface area contributed by atoms with Crippen LogP contribution < -0.4 is 5.32 Å². The molecule has 2 heterocycles. The molecule has 0 aliphatic heterocycles. The summed E-state index contributed by atoms with van der Waals surface area (Å²) in [6, 6.07) is 1.61. The zero-order valence-electron chi connectivity index (χ0n) is 11.4. The van der Waals surface area contributed by atoms with Crippen molar-refractivity contribution in [1.29, 1.82) is 0 Å². The summed E-state index contributed by atoms with van der Waals surface area (Å²) in [6.45, 7) is 5.95. The van der Waals surface area contributed by atoms with E-state index in [2.05, 4.69) is 15.3 Å². The zero-order chi connectivity index (χ0) is 14.0. The number of anilines is 1. The van der Waals surface area contributed by atoms with Gasteiger partial charge in [0.25, 0.3) is 0 Å². The molecule has 0 spiro atoms. The molecule has 5 nitrogen and oxygen atoms in total. The summed E-state index contributed by atoms with van der Waals surface area (Å²) in [4.78, 5) is 22.3. The Kier molecular flexibility index (Phi) is 3.99.